The highest BCUT2D eigenvalue weighted by molar-refractivity contribution is 5.32. The Kier molecular flexibility index (Phi) is 13.2. The first-order chi connectivity index (χ1) is 17.2. The molecule has 0 N–H and O–H groups in total. The first kappa shape index (κ1) is 28.7. The number of hydrogen-bond donors (Lipinski definition) is 0. The maximum absolute atomic E-state index is 16.0. The lowest BCUT2D eigenvalue weighted by molar-refractivity contribution is 0.150. The van der Waals surface area contributed by atoms with E-state index in [0.29, 0.717) is 5.92 Å². The van der Waals surface area contributed by atoms with Crippen LogP contribution in [0.15, 0.2) is 18.2 Å². The van der Waals surface area contributed by atoms with Crippen LogP contribution >= 0.6 is 0 Å². The number of aryl methyl sites for hydroxylation is 1. The molecule has 0 spiro atoms. The fraction of sp³-hybridized carbons (Fsp3) is 0.824. The molecule has 0 bridgehead atoms. The van der Waals surface area contributed by atoms with Crippen LogP contribution in [0.3, 0.4) is 0 Å². The van der Waals surface area contributed by atoms with Crippen molar-refractivity contribution in [3.8, 4) is 0 Å². The van der Waals surface area contributed by atoms with E-state index >= 15 is 4.39 Å². The highest BCUT2D eigenvalue weighted by Gasteiger charge is 2.42. The quantitative estimate of drug-likeness (QED) is 0.259. The zero-order valence-electron chi connectivity index (χ0n) is 23.5. The Morgan fingerprint density at radius 3 is 2.14 bits per heavy atom. The molecule has 0 radical (unpaired) electrons. The molecule has 2 aliphatic rings. The SMILES string of the molecule is CCCCCCCc1ccc(C2(C3CCCCCCC3)CCCCC(CCCCC)CC2)c(F)c1. The van der Waals surface area contributed by atoms with Crippen molar-refractivity contribution in [2.45, 2.75) is 167 Å². The molecule has 0 heterocycles. The van der Waals surface area contributed by atoms with Gasteiger partial charge >= 0.3 is 0 Å². The van der Waals surface area contributed by atoms with Gasteiger partial charge in [-0.05, 0) is 74.0 Å². The number of benzene rings is 1. The van der Waals surface area contributed by atoms with Crippen molar-refractivity contribution in [3.63, 3.8) is 0 Å². The Balaban J connectivity index is 1.80. The summed E-state index contributed by atoms with van der Waals surface area (Å²) in [6, 6.07) is 6.51. The molecule has 0 amide bonds. The molecule has 1 heteroatoms. The van der Waals surface area contributed by atoms with Crippen molar-refractivity contribution in [3.05, 3.63) is 35.1 Å². The van der Waals surface area contributed by atoms with Crippen molar-refractivity contribution in [2.24, 2.45) is 11.8 Å². The van der Waals surface area contributed by atoms with Crippen LogP contribution in [0.25, 0.3) is 0 Å². The first-order valence-electron chi connectivity index (χ1n) is 16.0. The summed E-state index contributed by atoms with van der Waals surface area (Å²) >= 11 is 0. The van der Waals surface area contributed by atoms with Gasteiger partial charge in [0.1, 0.15) is 5.82 Å². The molecule has 2 aliphatic carbocycles. The fourth-order valence-electron chi connectivity index (χ4n) is 7.53. The van der Waals surface area contributed by atoms with Gasteiger partial charge in [0.05, 0.1) is 0 Å². The van der Waals surface area contributed by atoms with E-state index in [4.69, 9.17) is 0 Å². The number of rotatable bonds is 12. The van der Waals surface area contributed by atoms with Crippen molar-refractivity contribution in [1.29, 1.82) is 0 Å². The molecular weight excluding hydrogens is 427 g/mol. The van der Waals surface area contributed by atoms with Crippen molar-refractivity contribution in [2.75, 3.05) is 0 Å². The van der Waals surface area contributed by atoms with E-state index in [1.165, 1.54) is 147 Å². The Labute approximate surface area is 218 Å². The molecule has 0 aromatic heterocycles. The zero-order valence-corrected chi connectivity index (χ0v) is 23.5. The van der Waals surface area contributed by atoms with E-state index < -0.39 is 0 Å². The molecule has 2 unspecified atom stereocenters. The molecule has 3 rings (SSSR count). The van der Waals surface area contributed by atoms with Gasteiger partial charge in [0.2, 0.25) is 0 Å². The smallest absolute Gasteiger partial charge is 0.127 e. The van der Waals surface area contributed by atoms with Gasteiger partial charge in [-0.25, -0.2) is 4.39 Å². The summed E-state index contributed by atoms with van der Waals surface area (Å²) < 4.78 is 16.0. The molecule has 2 saturated carbocycles. The maximum Gasteiger partial charge on any atom is 0.127 e. The normalized spacial score (nSPS) is 24.9. The minimum absolute atomic E-state index is 0.0739. The van der Waals surface area contributed by atoms with Crippen molar-refractivity contribution >= 4 is 0 Å². The van der Waals surface area contributed by atoms with E-state index in [-0.39, 0.29) is 11.2 Å². The van der Waals surface area contributed by atoms with E-state index in [1.807, 2.05) is 6.07 Å². The lowest BCUT2D eigenvalue weighted by Crippen LogP contribution is -2.38. The molecular formula is C34H57F. The van der Waals surface area contributed by atoms with Crippen LogP contribution in [0.1, 0.15) is 166 Å². The van der Waals surface area contributed by atoms with Gasteiger partial charge in [-0.2, -0.15) is 0 Å². The number of hydrogen-bond acceptors (Lipinski definition) is 0. The Hall–Kier alpha value is -0.850. The average Bonchev–Trinajstić information content (AvgIpc) is 2.82. The van der Waals surface area contributed by atoms with Gasteiger partial charge in [-0.3, -0.25) is 0 Å². The summed E-state index contributed by atoms with van der Waals surface area (Å²) in [7, 11) is 0. The van der Waals surface area contributed by atoms with Gasteiger partial charge in [0.25, 0.3) is 0 Å². The molecule has 2 atom stereocenters. The van der Waals surface area contributed by atoms with E-state index in [2.05, 4.69) is 26.0 Å². The Bertz CT molecular complexity index is 686. The summed E-state index contributed by atoms with van der Waals surface area (Å²) in [6.07, 6.45) is 30.2. The lowest BCUT2D eigenvalue weighted by Gasteiger charge is -2.45. The van der Waals surface area contributed by atoms with Crippen LogP contribution in [0.4, 0.5) is 4.39 Å². The van der Waals surface area contributed by atoms with Crippen LogP contribution < -0.4 is 0 Å². The van der Waals surface area contributed by atoms with Gasteiger partial charge in [-0.15, -0.1) is 0 Å². The van der Waals surface area contributed by atoms with E-state index in [0.717, 1.165) is 17.9 Å². The summed E-state index contributed by atoms with van der Waals surface area (Å²) in [5, 5.41) is 0. The van der Waals surface area contributed by atoms with E-state index in [9.17, 15) is 0 Å². The van der Waals surface area contributed by atoms with Crippen LogP contribution in [-0.2, 0) is 11.8 Å². The summed E-state index contributed by atoms with van der Waals surface area (Å²) in [6.45, 7) is 4.58. The minimum Gasteiger partial charge on any atom is -0.207 e. The Morgan fingerprint density at radius 2 is 1.40 bits per heavy atom. The average molecular weight is 485 g/mol. The number of halogens is 1. The zero-order chi connectivity index (χ0) is 24.8. The second-order valence-electron chi connectivity index (χ2n) is 12.3. The van der Waals surface area contributed by atoms with Gasteiger partial charge in [-0.1, -0.05) is 129 Å². The van der Waals surface area contributed by atoms with Crippen LogP contribution in [0, 0.1) is 17.7 Å². The molecule has 0 aliphatic heterocycles. The number of unbranched alkanes of at least 4 members (excludes halogenated alkanes) is 6. The van der Waals surface area contributed by atoms with Crippen LogP contribution in [0.2, 0.25) is 0 Å². The molecule has 2 fully saturated rings. The molecule has 35 heavy (non-hydrogen) atoms. The fourth-order valence-corrected chi connectivity index (χ4v) is 7.53. The minimum atomic E-state index is 0.0739. The first-order valence-corrected chi connectivity index (χ1v) is 16.0. The van der Waals surface area contributed by atoms with Gasteiger partial charge in [0, 0.05) is 5.41 Å². The third kappa shape index (κ3) is 8.89. The monoisotopic (exact) mass is 484 g/mol. The predicted octanol–water partition coefficient (Wildman–Crippen LogP) is 11.5. The Morgan fingerprint density at radius 1 is 0.714 bits per heavy atom. The molecule has 0 saturated heterocycles. The van der Waals surface area contributed by atoms with Crippen molar-refractivity contribution in [1.82, 2.24) is 0 Å². The van der Waals surface area contributed by atoms with Gasteiger partial charge in [0.15, 0.2) is 0 Å². The molecule has 0 nitrogen and oxygen atoms in total. The topological polar surface area (TPSA) is 0 Å². The van der Waals surface area contributed by atoms with Crippen LogP contribution in [-0.4, -0.2) is 0 Å². The van der Waals surface area contributed by atoms with Crippen molar-refractivity contribution < 1.29 is 4.39 Å². The third-order valence-electron chi connectivity index (χ3n) is 9.73. The summed E-state index contributed by atoms with van der Waals surface area (Å²) in [5.74, 6) is 1.66. The van der Waals surface area contributed by atoms with Gasteiger partial charge < -0.3 is 0 Å². The molecule has 1 aromatic carbocycles. The lowest BCUT2D eigenvalue weighted by atomic mass is 9.59. The molecule has 1 aromatic rings. The van der Waals surface area contributed by atoms with Crippen LogP contribution in [0.5, 0.6) is 0 Å². The standard InChI is InChI=1S/C34H57F/c1-3-5-7-9-13-20-30-23-24-32(33(35)28-30)34(31-21-14-10-8-11-15-22-31)26-17-16-19-29(25-27-34)18-12-6-4-2/h23-24,28-29,31H,3-22,25-27H2,1-2H3. The van der Waals surface area contributed by atoms with E-state index in [1.54, 1.807) is 0 Å². The third-order valence-corrected chi connectivity index (χ3v) is 9.73. The second-order valence-corrected chi connectivity index (χ2v) is 12.3. The largest absolute Gasteiger partial charge is 0.207 e. The molecule has 200 valence electrons. The summed E-state index contributed by atoms with van der Waals surface area (Å²) in [4.78, 5) is 0. The summed E-state index contributed by atoms with van der Waals surface area (Å²) in [5.41, 5.74) is 2.40. The highest BCUT2D eigenvalue weighted by atomic mass is 19.1. The predicted molar refractivity (Wildman–Crippen MR) is 152 cm³/mol. The maximum atomic E-state index is 16.0. The highest BCUT2D eigenvalue weighted by Crippen LogP contribution is 2.50. The second kappa shape index (κ2) is 16.1.